The van der Waals surface area contributed by atoms with Crippen LogP contribution in [0.3, 0.4) is 0 Å². The van der Waals surface area contributed by atoms with Crippen LogP contribution in [0.5, 0.6) is 23.0 Å². The normalized spacial score (nSPS) is 10.5. The fraction of sp³-hybridized carbons (Fsp3) is 0.136. The zero-order valence-corrected chi connectivity index (χ0v) is 33.4. The van der Waals surface area contributed by atoms with Gasteiger partial charge in [-0.2, -0.15) is 5.26 Å². The second-order valence-electron chi connectivity index (χ2n) is 12.6. The first-order valence-electron chi connectivity index (χ1n) is 17.1. The van der Waals surface area contributed by atoms with Crippen molar-refractivity contribution in [2.45, 2.75) is 40.3 Å². The van der Waals surface area contributed by atoms with E-state index in [1.807, 2.05) is 24.3 Å². The minimum Gasteiger partial charge on any atom is -0.488 e. The molecule has 6 rings (SSSR count). The second kappa shape index (κ2) is 18.3. The molecule has 0 spiro atoms. The van der Waals surface area contributed by atoms with Gasteiger partial charge in [-0.25, -0.2) is 4.85 Å². The second-order valence-corrected chi connectivity index (χ2v) is 14.3. The van der Waals surface area contributed by atoms with Crippen molar-refractivity contribution in [1.29, 1.82) is 5.26 Å². The average molecular weight is 873 g/mol. The van der Waals surface area contributed by atoms with Gasteiger partial charge < -0.3 is 18.9 Å². The van der Waals surface area contributed by atoms with E-state index in [0.29, 0.717) is 65.4 Å². The summed E-state index contributed by atoms with van der Waals surface area (Å²) in [5, 5.41) is 9.19. The van der Waals surface area contributed by atoms with Crippen molar-refractivity contribution in [3.05, 3.63) is 168 Å². The summed E-state index contributed by atoms with van der Waals surface area (Å²) >= 11 is 7.07. The fourth-order valence-electron chi connectivity index (χ4n) is 5.89. The highest BCUT2D eigenvalue weighted by atomic mass is 79.9. The number of hydrogen-bond donors (Lipinski definition) is 0. The van der Waals surface area contributed by atoms with Crippen molar-refractivity contribution in [3.8, 4) is 40.2 Å². The van der Waals surface area contributed by atoms with Crippen LogP contribution in [0.15, 0.2) is 107 Å². The van der Waals surface area contributed by atoms with Gasteiger partial charge in [-0.1, -0.05) is 36.4 Å². The van der Waals surface area contributed by atoms with E-state index in [0.717, 1.165) is 46.0 Å². The zero-order chi connectivity index (χ0) is 39.6. The van der Waals surface area contributed by atoms with E-state index in [2.05, 4.69) is 78.7 Å². The Bertz CT molecular complexity index is 2350. The van der Waals surface area contributed by atoms with Gasteiger partial charge >= 0.3 is 0 Å². The van der Waals surface area contributed by atoms with Crippen LogP contribution in [0.2, 0.25) is 0 Å². The molecule has 0 saturated carbocycles. The predicted molar refractivity (Wildman–Crippen MR) is 217 cm³/mol. The summed E-state index contributed by atoms with van der Waals surface area (Å²) in [6.07, 6.45) is 7.62. The molecule has 0 saturated heterocycles. The highest BCUT2D eigenvalue weighted by Gasteiger charge is 2.16. The molecule has 0 unspecified atom stereocenters. The maximum Gasteiger partial charge on any atom is 0.205 e. The summed E-state index contributed by atoms with van der Waals surface area (Å²) < 4.78 is 25.7. The van der Waals surface area contributed by atoms with Crippen molar-refractivity contribution in [1.82, 2.24) is 9.97 Å². The molecule has 0 radical (unpaired) electrons. The Labute approximate surface area is 340 Å². The van der Waals surface area contributed by atoms with Crippen LogP contribution in [0.4, 0.5) is 5.69 Å². The number of nitriles is 1. The number of carbonyl (C=O) groups excluding carboxylic acids is 2. The lowest BCUT2D eigenvalue weighted by Crippen LogP contribution is -2.04. The molecule has 0 atom stereocenters. The highest BCUT2D eigenvalue weighted by Crippen LogP contribution is 2.37. The smallest absolute Gasteiger partial charge is 0.205 e. The monoisotopic (exact) mass is 870 g/mol. The highest BCUT2D eigenvalue weighted by molar-refractivity contribution is 9.11. The topological polar surface area (TPSA) is 125 Å². The summed E-state index contributed by atoms with van der Waals surface area (Å²) in [7, 11) is 0. The molecular weight excluding hydrogens is 840 g/mol. The molecule has 0 aliphatic heterocycles. The van der Waals surface area contributed by atoms with Crippen molar-refractivity contribution in [2.75, 3.05) is 0 Å². The molecular formula is C44H32Br2N4O6. The van der Waals surface area contributed by atoms with E-state index in [1.54, 1.807) is 48.8 Å². The van der Waals surface area contributed by atoms with Gasteiger partial charge in [-0.15, -0.1) is 0 Å². The molecule has 0 aliphatic carbocycles. The summed E-state index contributed by atoms with van der Waals surface area (Å²) in [6.45, 7) is 12.1. The maximum absolute atomic E-state index is 11.9. The van der Waals surface area contributed by atoms with E-state index in [-0.39, 0.29) is 26.4 Å². The number of halogens is 2. The number of ether oxygens (including phenoxy) is 4. The fourth-order valence-corrected chi connectivity index (χ4v) is 6.84. The van der Waals surface area contributed by atoms with Gasteiger partial charge in [-0.05, 0) is 109 Å². The van der Waals surface area contributed by atoms with Crippen molar-refractivity contribution >= 4 is 50.1 Å². The number of rotatable bonds is 15. The largest absolute Gasteiger partial charge is 0.488 e. The van der Waals surface area contributed by atoms with Gasteiger partial charge in [0.15, 0.2) is 12.6 Å². The Hall–Kier alpha value is -6.34. The molecule has 2 heterocycles. The quantitative estimate of drug-likeness (QED) is 0.0732. The first-order valence-corrected chi connectivity index (χ1v) is 18.7. The molecule has 0 N–H and O–H groups in total. The standard InChI is InChI=1S/C44H32Br2N4O6/c1-27-32(25-55-43-14-41(34(21-51)12-39(43)45)53-23-30-10-29(16-47)17-49-18-30)6-4-8-37(27)38-9-5-7-33(28(38)2)26-56-44-15-42(35(22-52)13-40(44)46)54-24-31-11-36(48-3)20-50-19-31/h4-15,17-22H,23-26H2,1-2H3. The van der Waals surface area contributed by atoms with Crippen molar-refractivity contribution in [3.63, 3.8) is 0 Å². The third kappa shape index (κ3) is 9.29. The molecule has 56 heavy (non-hydrogen) atoms. The lowest BCUT2D eigenvalue weighted by Gasteiger charge is -2.18. The van der Waals surface area contributed by atoms with Gasteiger partial charge in [0.2, 0.25) is 5.69 Å². The molecule has 0 aliphatic rings. The Kier molecular flexibility index (Phi) is 12.9. The molecule has 2 aromatic heterocycles. The SMILES string of the molecule is [C-]#[N+]c1cncc(COc2cc(OCc3cccc(-c4cccc(COc5cc(OCc6cncc(C#N)c6)c(C=O)cc5Br)c4C)c3C)c(Br)cc2C=O)c1. The third-order valence-electron chi connectivity index (χ3n) is 8.95. The molecule has 0 amide bonds. The average Bonchev–Trinajstić information content (AvgIpc) is 3.22. The molecule has 10 nitrogen and oxygen atoms in total. The molecule has 6 aromatic rings. The molecule has 278 valence electrons. The first kappa shape index (κ1) is 39.4. The maximum atomic E-state index is 11.9. The van der Waals surface area contributed by atoms with Gasteiger partial charge in [0.05, 0.1) is 32.2 Å². The van der Waals surface area contributed by atoms with Crippen LogP contribution in [-0.2, 0) is 26.4 Å². The number of nitrogens with zero attached hydrogens (tertiary/aromatic N) is 4. The van der Waals surface area contributed by atoms with E-state index >= 15 is 0 Å². The number of hydrogen-bond acceptors (Lipinski definition) is 9. The number of carbonyl (C=O) groups is 2. The number of benzene rings is 4. The van der Waals surface area contributed by atoms with Crippen LogP contribution in [0.25, 0.3) is 16.0 Å². The lowest BCUT2D eigenvalue weighted by atomic mass is 9.92. The Morgan fingerprint density at radius 2 is 1.14 bits per heavy atom. The van der Waals surface area contributed by atoms with Crippen molar-refractivity contribution in [2.24, 2.45) is 0 Å². The first-order chi connectivity index (χ1) is 27.2. The predicted octanol–water partition coefficient (Wildman–Crippen LogP) is 10.6. The molecule has 12 heteroatoms. The lowest BCUT2D eigenvalue weighted by molar-refractivity contribution is 0.111. The summed E-state index contributed by atoms with van der Waals surface area (Å²) in [5.74, 6) is 1.70. The number of aromatic nitrogens is 2. The summed E-state index contributed by atoms with van der Waals surface area (Å²) in [5.41, 5.74) is 9.04. The van der Waals surface area contributed by atoms with Crippen molar-refractivity contribution < 1.29 is 28.5 Å². The van der Waals surface area contributed by atoms with Crippen LogP contribution in [0.1, 0.15) is 59.7 Å². The van der Waals surface area contributed by atoms with Gasteiger partial charge in [0.1, 0.15) is 55.5 Å². The molecule has 0 bridgehead atoms. The molecule has 4 aromatic carbocycles. The Morgan fingerprint density at radius 1 is 0.661 bits per heavy atom. The summed E-state index contributed by atoms with van der Waals surface area (Å²) in [4.78, 5) is 35.3. The van der Waals surface area contributed by atoms with Crippen LogP contribution in [0, 0.1) is 31.8 Å². The number of pyridine rings is 2. The minimum atomic E-state index is 0.118. The summed E-state index contributed by atoms with van der Waals surface area (Å²) in [6, 6.07) is 24.3. The van der Waals surface area contributed by atoms with E-state index in [1.165, 1.54) is 12.4 Å². The van der Waals surface area contributed by atoms with Gasteiger partial charge in [-0.3, -0.25) is 19.6 Å². The Balaban J connectivity index is 1.16. The Morgan fingerprint density at radius 3 is 1.62 bits per heavy atom. The van der Waals surface area contributed by atoms with Gasteiger partial charge in [0.25, 0.3) is 0 Å². The number of aldehydes is 2. The van der Waals surface area contributed by atoms with E-state index in [4.69, 9.17) is 25.5 Å². The molecule has 0 fully saturated rings. The van der Waals surface area contributed by atoms with Crippen LogP contribution < -0.4 is 18.9 Å². The van der Waals surface area contributed by atoms with Crippen LogP contribution in [-0.4, -0.2) is 22.5 Å². The third-order valence-corrected chi connectivity index (χ3v) is 10.2. The minimum absolute atomic E-state index is 0.118. The zero-order valence-electron chi connectivity index (χ0n) is 30.2. The van der Waals surface area contributed by atoms with Gasteiger partial charge in [0, 0.05) is 42.5 Å². The van der Waals surface area contributed by atoms with E-state index < -0.39 is 0 Å². The van der Waals surface area contributed by atoms with E-state index in [9.17, 15) is 14.9 Å². The van der Waals surface area contributed by atoms with Crippen LogP contribution >= 0.6 is 31.9 Å².